The number of likely N-dealkylation sites (tertiary alicyclic amines) is 1. The number of carbonyl (C=O) groups is 2. The molecule has 2 aliphatic heterocycles. The van der Waals surface area contributed by atoms with E-state index in [2.05, 4.69) is 0 Å². The molecule has 1 N–H and O–H groups in total. The number of hydrogen-bond acceptors (Lipinski definition) is 4. The zero-order valence-corrected chi connectivity index (χ0v) is 19.1. The molecule has 1 fully saturated rings. The molecule has 1 saturated heterocycles. The number of piperidine rings is 1. The number of ketones is 1. The quantitative estimate of drug-likeness (QED) is 0.629. The van der Waals surface area contributed by atoms with E-state index in [9.17, 15) is 14.7 Å². The number of hydrogen-bond donors (Lipinski definition) is 1. The molecular formula is C29H28N2O3. The molecule has 172 valence electrons. The Morgan fingerprint density at radius 3 is 1.91 bits per heavy atom. The first-order chi connectivity index (χ1) is 16.6. The number of rotatable bonds is 5. The molecule has 5 heteroatoms. The van der Waals surface area contributed by atoms with Crippen LogP contribution < -0.4 is 0 Å². The first kappa shape index (κ1) is 22.2. The number of benzene rings is 3. The molecule has 34 heavy (non-hydrogen) atoms. The molecule has 0 radical (unpaired) electrons. The number of aliphatic hydroxyl groups is 1. The summed E-state index contributed by atoms with van der Waals surface area (Å²) in [4.78, 5) is 34.5. The lowest BCUT2D eigenvalue weighted by molar-refractivity contribution is -0.144. The van der Waals surface area contributed by atoms with Crippen LogP contribution in [0.3, 0.4) is 0 Å². The third-order valence-corrected chi connectivity index (χ3v) is 7.05. The van der Waals surface area contributed by atoms with E-state index in [0.29, 0.717) is 29.8 Å². The summed E-state index contributed by atoms with van der Waals surface area (Å²) < 4.78 is 0. The minimum atomic E-state index is -2.02. The molecule has 2 heterocycles. The van der Waals surface area contributed by atoms with Gasteiger partial charge in [-0.15, -0.1) is 0 Å². The number of nitrogens with zero attached hydrogens (tertiary/aromatic N) is 2. The van der Waals surface area contributed by atoms with Crippen LogP contribution in [0, 0.1) is 0 Å². The largest absolute Gasteiger partial charge is 0.374 e. The molecule has 5 rings (SSSR count). The van der Waals surface area contributed by atoms with Crippen LogP contribution >= 0.6 is 0 Å². The highest BCUT2D eigenvalue weighted by Gasteiger charge is 2.64. The van der Waals surface area contributed by atoms with Crippen LogP contribution in [-0.2, 0) is 20.7 Å². The van der Waals surface area contributed by atoms with Crippen LogP contribution in [0.25, 0.3) is 0 Å². The Kier molecular flexibility index (Phi) is 5.88. The topological polar surface area (TPSA) is 70.0 Å². The van der Waals surface area contributed by atoms with Gasteiger partial charge in [-0.1, -0.05) is 91.0 Å². The first-order valence-corrected chi connectivity index (χ1v) is 11.9. The van der Waals surface area contributed by atoms with Crippen LogP contribution in [0.5, 0.6) is 0 Å². The van der Waals surface area contributed by atoms with Gasteiger partial charge in [0, 0.05) is 18.7 Å². The SMILES string of the molecule is O=C(CC1(c2ccccc2)N=C(c2ccccc2)C(=O)C1(O)c1ccccc1)N1CCCCC1. The predicted molar refractivity (Wildman–Crippen MR) is 131 cm³/mol. The molecule has 2 aliphatic rings. The van der Waals surface area contributed by atoms with Crippen molar-refractivity contribution >= 4 is 17.4 Å². The van der Waals surface area contributed by atoms with Crippen LogP contribution in [0.2, 0.25) is 0 Å². The smallest absolute Gasteiger partial charge is 0.225 e. The van der Waals surface area contributed by atoms with Crippen molar-refractivity contribution in [1.29, 1.82) is 0 Å². The summed E-state index contributed by atoms with van der Waals surface area (Å²) in [5.74, 6) is -0.580. The number of aliphatic imine (C=N–C) groups is 1. The molecule has 0 bridgehead atoms. The Hall–Kier alpha value is -3.57. The average molecular weight is 453 g/mol. The van der Waals surface area contributed by atoms with E-state index in [1.807, 2.05) is 71.6 Å². The van der Waals surface area contributed by atoms with Gasteiger partial charge in [0.1, 0.15) is 11.3 Å². The van der Waals surface area contributed by atoms with E-state index in [-0.39, 0.29) is 18.0 Å². The second-order valence-electron chi connectivity index (χ2n) is 9.08. The third-order valence-electron chi connectivity index (χ3n) is 7.05. The van der Waals surface area contributed by atoms with Gasteiger partial charge in [-0.25, -0.2) is 0 Å². The minimum absolute atomic E-state index is 0.0928. The number of Topliss-reactive ketones (excluding diaryl/α,β-unsaturated/α-hetero) is 1. The van der Waals surface area contributed by atoms with Crippen molar-refractivity contribution in [3.63, 3.8) is 0 Å². The van der Waals surface area contributed by atoms with E-state index in [1.165, 1.54) is 0 Å². The zero-order valence-electron chi connectivity index (χ0n) is 19.1. The van der Waals surface area contributed by atoms with Gasteiger partial charge < -0.3 is 10.0 Å². The fourth-order valence-corrected chi connectivity index (χ4v) is 5.25. The average Bonchev–Trinajstić information content (AvgIpc) is 3.14. The highest BCUT2D eigenvalue weighted by molar-refractivity contribution is 6.50. The lowest BCUT2D eigenvalue weighted by Crippen LogP contribution is -2.53. The monoisotopic (exact) mass is 452 g/mol. The molecule has 0 aromatic heterocycles. The first-order valence-electron chi connectivity index (χ1n) is 11.9. The van der Waals surface area contributed by atoms with Crippen LogP contribution in [0.1, 0.15) is 42.4 Å². The van der Waals surface area contributed by atoms with Gasteiger partial charge in [0.15, 0.2) is 5.60 Å². The van der Waals surface area contributed by atoms with E-state index in [4.69, 9.17) is 4.99 Å². The fraction of sp³-hybridized carbons (Fsp3) is 0.276. The standard InChI is InChI=1S/C29H28N2O3/c32-25(31-19-11-4-12-20-31)21-28(23-15-7-2-8-16-23)29(34,24-17-9-3-10-18-24)27(33)26(30-28)22-13-5-1-6-14-22/h1-3,5-10,13-18,34H,4,11-12,19-21H2. The molecule has 2 unspecified atom stereocenters. The molecule has 0 aliphatic carbocycles. The Morgan fingerprint density at radius 2 is 1.32 bits per heavy atom. The third kappa shape index (κ3) is 3.57. The zero-order chi connectivity index (χ0) is 23.6. The van der Waals surface area contributed by atoms with Crippen molar-refractivity contribution in [3.05, 3.63) is 108 Å². The molecule has 1 amide bonds. The van der Waals surface area contributed by atoms with Gasteiger partial charge in [-0.05, 0) is 30.4 Å². The Balaban J connectivity index is 1.73. The second-order valence-corrected chi connectivity index (χ2v) is 9.08. The molecule has 0 saturated carbocycles. The second kappa shape index (κ2) is 8.99. The van der Waals surface area contributed by atoms with Gasteiger partial charge in [0.05, 0.1) is 6.42 Å². The van der Waals surface area contributed by atoms with Gasteiger partial charge in [0.2, 0.25) is 11.7 Å². The van der Waals surface area contributed by atoms with Crippen LogP contribution in [0.15, 0.2) is 96.0 Å². The number of carbonyl (C=O) groups excluding carboxylic acids is 2. The lowest BCUT2D eigenvalue weighted by atomic mass is 9.68. The van der Waals surface area contributed by atoms with E-state index in [0.717, 1.165) is 19.3 Å². The van der Waals surface area contributed by atoms with Crippen LogP contribution in [-0.4, -0.2) is 40.5 Å². The Morgan fingerprint density at radius 1 is 0.794 bits per heavy atom. The van der Waals surface area contributed by atoms with Gasteiger partial charge >= 0.3 is 0 Å². The molecule has 3 aromatic carbocycles. The molecule has 2 atom stereocenters. The van der Waals surface area contributed by atoms with Gasteiger partial charge in [-0.3, -0.25) is 14.6 Å². The molecule has 3 aromatic rings. The maximum absolute atomic E-state index is 14.1. The minimum Gasteiger partial charge on any atom is -0.374 e. The van der Waals surface area contributed by atoms with Crippen molar-refractivity contribution in [2.24, 2.45) is 4.99 Å². The molecule has 5 nitrogen and oxygen atoms in total. The summed E-state index contributed by atoms with van der Waals surface area (Å²) in [7, 11) is 0. The van der Waals surface area contributed by atoms with Crippen LogP contribution in [0.4, 0.5) is 0 Å². The summed E-state index contributed by atoms with van der Waals surface area (Å²) in [6.45, 7) is 1.38. The summed E-state index contributed by atoms with van der Waals surface area (Å²) in [6, 6.07) is 27.4. The van der Waals surface area contributed by atoms with E-state index >= 15 is 0 Å². The predicted octanol–water partition coefficient (Wildman–Crippen LogP) is 4.24. The molecular weight excluding hydrogens is 424 g/mol. The normalized spacial score (nSPS) is 24.7. The van der Waals surface area contributed by atoms with E-state index < -0.39 is 16.9 Å². The number of amides is 1. The summed E-state index contributed by atoms with van der Waals surface area (Å²) in [6.07, 6.45) is 2.94. The lowest BCUT2D eigenvalue weighted by Gasteiger charge is -2.41. The van der Waals surface area contributed by atoms with E-state index in [1.54, 1.807) is 24.3 Å². The fourth-order valence-electron chi connectivity index (χ4n) is 5.25. The summed E-state index contributed by atoms with van der Waals surface area (Å²) >= 11 is 0. The highest BCUT2D eigenvalue weighted by atomic mass is 16.3. The Bertz CT molecular complexity index is 1200. The molecule has 0 spiro atoms. The van der Waals surface area contributed by atoms with Gasteiger partial charge in [-0.2, -0.15) is 0 Å². The summed E-state index contributed by atoms with van der Waals surface area (Å²) in [5.41, 5.74) is -1.60. The summed E-state index contributed by atoms with van der Waals surface area (Å²) in [5, 5.41) is 12.4. The maximum Gasteiger partial charge on any atom is 0.225 e. The Labute approximate surface area is 199 Å². The van der Waals surface area contributed by atoms with Crippen molar-refractivity contribution in [2.75, 3.05) is 13.1 Å². The van der Waals surface area contributed by atoms with Crippen molar-refractivity contribution < 1.29 is 14.7 Å². The highest BCUT2D eigenvalue weighted by Crippen LogP contribution is 2.52. The maximum atomic E-state index is 14.1. The van der Waals surface area contributed by atoms with Crippen molar-refractivity contribution in [2.45, 2.75) is 36.8 Å². The van der Waals surface area contributed by atoms with Crippen molar-refractivity contribution in [3.8, 4) is 0 Å². The van der Waals surface area contributed by atoms with Gasteiger partial charge in [0.25, 0.3) is 0 Å². The van der Waals surface area contributed by atoms with Crippen molar-refractivity contribution in [1.82, 2.24) is 4.90 Å².